The quantitative estimate of drug-likeness (QED) is 0.808. The first-order chi connectivity index (χ1) is 9.60. The molecule has 0 aromatic heterocycles. The summed E-state index contributed by atoms with van der Waals surface area (Å²) in [6.45, 7) is 7.86. The minimum atomic E-state index is 0.367. The van der Waals surface area contributed by atoms with E-state index in [1.807, 2.05) is 18.2 Å². The van der Waals surface area contributed by atoms with Crippen LogP contribution in [0.2, 0.25) is 0 Å². The van der Waals surface area contributed by atoms with Gasteiger partial charge < -0.3 is 16.0 Å². The van der Waals surface area contributed by atoms with Gasteiger partial charge in [0.15, 0.2) is 0 Å². The minimum Gasteiger partial charge on any atom is -0.398 e. The minimum absolute atomic E-state index is 0.367. The first kappa shape index (κ1) is 14.7. The Labute approximate surface area is 121 Å². The normalized spacial score (nSPS) is 19.2. The van der Waals surface area contributed by atoms with Crippen molar-refractivity contribution in [3.8, 4) is 6.07 Å². The van der Waals surface area contributed by atoms with E-state index in [1.54, 1.807) is 0 Å². The molecule has 0 radical (unpaired) electrons. The summed E-state index contributed by atoms with van der Waals surface area (Å²) in [6, 6.07) is 8.66. The Balaban J connectivity index is 1.89. The average molecular weight is 272 g/mol. The van der Waals surface area contributed by atoms with Crippen LogP contribution in [-0.4, -0.2) is 30.6 Å². The molecule has 0 amide bonds. The van der Waals surface area contributed by atoms with Crippen LogP contribution in [0.15, 0.2) is 18.2 Å². The molecule has 1 heterocycles. The lowest BCUT2D eigenvalue weighted by atomic mass is 10.1. The lowest BCUT2D eigenvalue weighted by molar-refractivity contribution is 0.266. The summed E-state index contributed by atoms with van der Waals surface area (Å²) in [4.78, 5) is 2.52. The van der Waals surface area contributed by atoms with E-state index in [0.717, 1.165) is 17.8 Å². The van der Waals surface area contributed by atoms with Gasteiger partial charge in [-0.05, 0) is 56.5 Å². The molecule has 1 aliphatic rings. The molecule has 4 heteroatoms. The highest BCUT2D eigenvalue weighted by Crippen LogP contribution is 2.21. The monoisotopic (exact) mass is 272 g/mol. The lowest BCUT2D eigenvalue weighted by Crippen LogP contribution is -2.29. The van der Waals surface area contributed by atoms with Gasteiger partial charge in [0.1, 0.15) is 0 Å². The second-order valence-electron chi connectivity index (χ2n) is 5.87. The average Bonchev–Trinajstić information content (AvgIpc) is 2.89. The van der Waals surface area contributed by atoms with E-state index in [9.17, 15) is 0 Å². The zero-order valence-electron chi connectivity index (χ0n) is 12.4. The van der Waals surface area contributed by atoms with Gasteiger partial charge in [0.2, 0.25) is 0 Å². The molecule has 1 saturated heterocycles. The zero-order chi connectivity index (χ0) is 14.5. The molecule has 4 nitrogen and oxygen atoms in total. The van der Waals surface area contributed by atoms with E-state index in [1.165, 1.54) is 19.5 Å². The van der Waals surface area contributed by atoms with Crippen molar-refractivity contribution in [1.29, 1.82) is 5.26 Å². The van der Waals surface area contributed by atoms with Crippen molar-refractivity contribution in [1.82, 2.24) is 4.90 Å². The van der Waals surface area contributed by atoms with Gasteiger partial charge >= 0.3 is 0 Å². The first-order valence-electron chi connectivity index (χ1n) is 7.33. The van der Waals surface area contributed by atoms with Crippen LogP contribution >= 0.6 is 0 Å². The number of nitrogens with one attached hydrogen (secondary N) is 1. The summed E-state index contributed by atoms with van der Waals surface area (Å²) in [6.07, 6.45) is 1.62. The van der Waals surface area contributed by atoms with Gasteiger partial charge in [-0.25, -0.2) is 0 Å². The molecule has 20 heavy (non-hydrogen) atoms. The summed E-state index contributed by atoms with van der Waals surface area (Å²) in [5, 5.41) is 12.3. The van der Waals surface area contributed by atoms with E-state index in [-0.39, 0.29) is 0 Å². The molecule has 108 valence electrons. The van der Waals surface area contributed by atoms with E-state index in [0.29, 0.717) is 24.1 Å². The second-order valence-corrected chi connectivity index (χ2v) is 5.87. The molecule has 1 atom stereocenters. The molecule has 1 unspecified atom stereocenters. The molecule has 1 aromatic carbocycles. The predicted molar refractivity (Wildman–Crippen MR) is 83.5 cm³/mol. The maximum absolute atomic E-state index is 8.79. The number of benzene rings is 1. The largest absolute Gasteiger partial charge is 0.398 e. The number of nitriles is 1. The number of hydrogen-bond donors (Lipinski definition) is 2. The van der Waals surface area contributed by atoms with Crippen LogP contribution in [0, 0.1) is 17.2 Å². The smallest absolute Gasteiger partial charge is 0.0670 e. The number of nitrogens with two attached hydrogens (primary N) is 1. The number of hydrogen-bond acceptors (Lipinski definition) is 4. The highest BCUT2D eigenvalue weighted by atomic mass is 15.2. The molecule has 0 aliphatic carbocycles. The van der Waals surface area contributed by atoms with Gasteiger partial charge in [0, 0.05) is 30.5 Å². The topological polar surface area (TPSA) is 65.1 Å². The standard InChI is InChI=1S/C16H24N4/c1-12(2)20-8-6-13(11-20)10-19-15-3-4-16(18)14(9-15)5-7-17/h3-4,9,12-13,19H,5-6,8,10-11,18H2,1-2H3. The van der Waals surface area contributed by atoms with E-state index < -0.39 is 0 Å². The van der Waals surface area contributed by atoms with Gasteiger partial charge in [-0.15, -0.1) is 0 Å². The molecule has 1 fully saturated rings. The molecule has 0 spiro atoms. The van der Waals surface area contributed by atoms with Crippen molar-refractivity contribution >= 4 is 11.4 Å². The predicted octanol–water partition coefficient (Wildman–Crippen LogP) is 2.48. The maximum atomic E-state index is 8.79. The maximum Gasteiger partial charge on any atom is 0.0670 e. The van der Waals surface area contributed by atoms with E-state index >= 15 is 0 Å². The molecule has 3 N–H and O–H groups in total. The number of anilines is 2. The van der Waals surface area contributed by atoms with Gasteiger partial charge in [-0.2, -0.15) is 5.26 Å². The van der Waals surface area contributed by atoms with Crippen LogP contribution in [0.25, 0.3) is 0 Å². The fraction of sp³-hybridized carbons (Fsp3) is 0.562. The fourth-order valence-corrected chi connectivity index (χ4v) is 2.71. The van der Waals surface area contributed by atoms with Crippen molar-refractivity contribution in [2.24, 2.45) is 5.92 Å². The van der Waals surface area contributed by atoms with Gasteiger partial charge in [-0.3, -0.25) is 0 Å². The molecule has 0 saturated carbocycles. The van der Waals surface area contributed by atoms with Gasteiger partial charge in [-0.1, -0.05) is 0 Å². The number of likely N-dealkylation sites (tertiary alicyclic amines) is 1. The van der Waals surface area contributed by atoms with Crippen LogP contribution in [0.5, 0.6) is 0 Å². The van der Waals surface area contributed by atoms with Crippen molar-refractivity contribution in [2.45, 2.75) is 32.7 Å². The third-order valence-electron chi connectivity index (χ3n) is 4.05. The third kappa shape index (κ3) is 3.64. The van der Waals surface area contributed by atoms with Gasteiger partial charge in [0.25, 0.3) is 0 Å². The fourth-order valence-electron chi connectivity index (χ4n) is 2.71. The Kier molecular flexibility index (Phi) is 4.86. The number of nitrogen functional groups attached to an aromatic ring is 1. The van der Waals surface area contributed by atoms with Crippen LogP contribution in [0.4, 0.5) is 11.4 Å². The Hall–Kier alpha value is -1.73. The molecule has 2 rings (SSSR count). The Bertz CT molecular complexity index is 490. The third-order valence-corrected chi connectivity index (χ3v) is 4.05. The van der Waals surface area contributed by atoms with Crippen molar-refractivity contribution in [3.05, 3.63) is 23.8 Å². The summed E-state index contributed by atoms with van der Waals surface area (Å²) < 4.78 is 0. The first-order valence-corrected chi connectivity index (χ1v) is 7.33. The highest BCUT2D eigenvalue weighted by Gasteiger charge is 2.23. The van der Waals surface area contributed by atoms with Crippen LogP contribution in [-0.2, 0) is 6.42 Å². The zero-order valence-corrected chi connectivity index (χ0v) is 12.4. The van der Waals surface area contributed by atoms with Crippen molar-refractivity contribution in [3.63, 3.8) is 0 Å². The van der Waals surface area contributed by atoms with Crippen molar-refractivity contribution in [2.75, 3.05) is 30.7 Å². The second kappa shape index (κ2) is 6.62. The Morgan fingerprint density at radius 2 is 2.30 bits per heavy atom. The highest BCUT2D eigenvalue weighted by molar-refractivity contribution is 5.58. The summed E-state index contributed by atoms with van der Waals surface area (Å²) in [7, 11) is 0. The summed E-state index contributed by atoms with van der Waals surface area (Å²) >= 11 is 0. The molecular formula is C16H24N4. The summed E-state index contributed by atoms with van der Waals surface area (Å²) in [5.74, 6) is 0.703. The SMILES string of the molecule is CC(C)N1CCC(CNc2ccc(N)c(CC#N)c2)C1. The lowest BCUT2D eigenvalue weighted by Gasteiger charge is -2.20. The van der Waals surface area contributed by atoms with Crippen molar-refractivity contribution < 1.29 is 0 Å². The van der Waals surface area contributed by atoms with Crippen LogP contribution in [0.3, 0.4) is 0 Å². The van der Waals surface area contributed by atoms with E-state index in [4.69, 9.17) is 11.0 Å². The number of nitrogens with zero attached hydrogens (tertiary/aromatic N) is 2. The van der Waals surface area contributed by atoms with Crippen LogP contribution < -0.4 is 11.1 Å². The number of rotatable bonds is 5. The Morgan fingerprint density at radius 3 is 2.95 bits per heavy atom. The van der Waals surface area contributed by atoms with Crippen LogP contribution in [0.1, 0.15) is 25.8 Å². The summed E-state index contributed by atoms with van der Waals surface area (Å²) in [5.41, 5.74) is 8.53. The molecule has 1 aromatic rings. The molecule has 1 aliphatic heterocycles. The van der Waals surface area contributed by atoms with Gasteiger partial charge in [0.05, 0.1) is 12.5 Å². The molecule has 0 bridgehead atoms. The Morgan fingerprint density at radius 1 is 1.50 bits per heavy atom. The van der Waals surface area contributed by atoms with E-state index in [2.05, 4.69) is 30.1 Å². The molecular weight excluding hydrogens is 248 g/mol.